The van der Waals surface area contributed by atoms with Crippen LogP contribution in [0.4, 0.5) is 13.2 Å². The molecule has 0 unspecified atom stereocenters. The van der Waals surface area contributed by atoms with Crippen LogP contribution in [0.15, 0.2) is 12.3 Å². The summed E-state index contributed by atoms with van der Waals surface area (Å²) in [5.41, 5.74) is -1.07. The fraction of sp³-hybridized carbons (Fsp3) is 0.400. The molecular weight excluding hydrogens is 251 g/mol. The van der Waals surface area contributed by atoms with Crippen molar-refractivity contribution in [2.45, 2.75) is 13.1 Å². The van der Waals surface area contributed by atoms with Gasteiger partial charge in [0.15, 0.2) is 11.3 Å². The highest BCUT2D eigenvalue weighted by Crippen LogP contribution is 2.28. The molecule has 2 rings (SSSR count). The van der Waals surface area contributed by atoms with Gasteiger partial charge in [0.05, 0.1) is 6.61 Å². The summed E-state index contributed by atoms with van der Waals surface area (Å²) in [6, 6.07) is 0.849. The zero-order valence-corrected chi connectivity index (χ0v) is 9.65. The van der Waals surface area contributed by atoms with Gasteiger partial charge in [-0.3, -0.25) is 4.68 Å². The van der Waals surface area contributed by atoms with Gasteiger partial charge in [-0.1, -0.05) is 0 Å². The van der Waals surface area contributed by atoms with Crippen molar-refractivity contribution in [2.24, 2.45) is 7.05 Å². The van der Waals surface area contributed by atoms with E-state index in [0.29, 0.717) is 0 Å². The number of ether oxygens (including phenoxy) is 1. The van der Waals surface area contributed by atoms with Gasteiger partial charge in [-0.2, -0.15) is 13.2 Å². The Bertz CT molecular complexity index is 597. The number of rotatable bonds is 2. The number of halogens is 3. The molecule has 0 amide bonds. The van der Waals surface area contributed by atoms with E-state index in [-0.39, 0.29) is 17.9 Å². The van der Waals surface area contributed by atoms with Gasteiger partial charge in [0.25, 0.3) is 0 Å². The van der Waals surface area contributed by atoms with Crippen molar-refractivity contribution in [3.05, 3.63) is 23.7 Å². The molecule has 2 aromatic heterocycles. The molecule has 8 heteroatoms. The quantitative estimate of drug-likeness (QED) is 0.775. The first-order chi connectivity index (χ1) is 8.36. The summed E-state index contributed by atoms with van der Waals surface area (Å²) in [4.78, 5) is 14.9. The molecule has 0 atom stereocenters. The lowest BCUT2D eigenvalue weighted by Gasteiger charge is -2.20. The molecule has 98 valence electrons. The average Bonchev–Trinajstić information content (AvgIpc) is 2.26. The molecule has 0 bridgehead atoms. The molecule has 2 aromatic rings. The van der Waals surface area contributed by atoms with Crippen molar-refractivity contribution in [1.29, 1.82) is 0 Å². The highest BCUT2D eigenvalue weighted by atomic mass is 19.4. The minimum absolute atomic E-state index is 0.0166. The van der Waals surface area contributed by atoms with Crippen LogP contribution in [0.3, 0.4) is 0 Å². The Morgan fingerprint density at radius 3 is 2.72 bits per heavy atom. The minimum atomic E-state index is -4.54. The van der Waals surface area contributed by atoms with Gasteiger partial charge in [0.2, 0.25) is 0 Å². The van der Waals surface area contributed by atoms with E-state index in [0.717, 1.165) is 6.07 Å². The summed E-state index contributed by atoms with van der Waals surface area (Å²) in [6.07, 6.45) is -3.34. The molecule has 18 heavy (non-hydrogen) atoms. The van der Waals surface area contributed by atoms with Crippen LogP contribution < -0.4 is 0 Å². The molecule has 0 aliphatic rings. The highest BCUT2D eigenvalue weighted by Gasteiger charge is 2.34. The van der Waals surface area contributed by atoms with E-state index >= 15 is 0 Å². The fourth-order valence-corrected chi connectivity index (χ4v) is 1.61. The normalized spacial score (nSPS) is 12.1. The summed E-state index contributed by atoms with van der Waals surface area (Å²) in [6.45, 7) is 1.76. The average molecular weight is 261 g/mol. The second kappa shape index (κ2) is 4.04. The molecule has 0 aliphatic carbocycles. The van der Waals surface area contributed by atoms with E-state index in [1.165, 1.54) is 22.4 Å². The monoisotopic (exact) mass is 261 g/mol. The smallest absolute Gasteiger partial charge is 0.433 e. The van der Waals surface area contributed by atoms with E-state index in [4.69, 9.17) is 4.74 Å². The van der Waals surface area contributed by atoms with E-state index in [1.807, 2.05) is 0 Å². The maximum Gasteiger partial charge on any atom is 0.433 e. The molecule has 0 N–H and O–H groups in total. The van der Waals surface area contributed by atoms with Gasteiger partial charge in [-0.25, -0.2) is 14.3 Å². The van der Waals surface area contributed by atoms with Gasteiger partial charge in [-0.05, 0) is 13.0 Å². The van der Waals surface area contributed by atoms with Crippen molar-refractivity contribution in [1.82, 2.24) is 14.2 Å². The first-order valence-corrected chi connectivity index (χ1v) is 5.14. The Morgan fingerprint density at radius 2 is 2.17 bits per heavy atom. The van der Waals surface area contributed by atoms with Gasteiger partial charge in [-0.15, -0.1) is 0 Å². The lowest BCUT2D eigenvalue weighted by Crippen LogP contribution is -2.27. The number of esters is 1. The zero-order chi connectivity index (χ0) is 13.5. The van der Waals surface area contributed by atoms with Crippen LogP contribution in [0.1, 0.15) is 23.1 Å². The molecule has 5 nitrogen and oxygen atoms in total. The number of aryl methyl sites for hydroxylation is 1. The molecule has 0 saturated carbocycles. The predicted octanol–water partition coefficient (Wildman–Crippen LogP) is 1.87. The van der Waals surface area contributed by atoms with Crippen molar-refractivity contribution in [2.75, 3.05) is 6.61 Å². The molecule has 2 heterocycles. The van der Waals surface area contributed by atoms with Crippen LogP contribution in [-0.4, -0.2) is 26.8 Å². The standard InChI is InChI=1S/C10H10F3N3O2/c1-3-18-9(17)7-8-14-6(10(11,12)13)4-5-16(8)15(7)2/h4-5H,3H2,1-2H3. The second-order valence-electron chi connectivity index (χ2n) is 3.57. The molecule has 0 spiro atoms. The summed E-state index contributed by atoms with van der Waals surface area (Å²) in [7, 11) is 1.54. The number of hydrogen-bond donors (Lipinski definition) is 0. The number of nitrogens with zero attached hydrogens (tertiary/aromatic N) is 3. The minimum Gasteiger partial charge on any atom is -0.461 e. The number of alkyl halides is 3. The third-order valence-electron chi connectivity index (χ3n) is 2.43. The first-order valence-electron chi connectivity index (χ1n) is 5.14. The third-order valence-corrected chi connectivity index (χ3v) is 2.43. The summed E-state index contributed by atoms with van der Waals surface area (Å²) in [5.74, 6) is -0.688. The van der Waals surface area contributed by atoms with Crippen LogP contribution in [-0.2, 0) is 18.0 Å². The Balaban J connectivity index is 2.50. The Labute approximate surface area is 99.8 Å². The zero-order valence-electron chi connectivity index (χ0n) is 9.65. The van der Waals surface area contributed by atoms with Crippen LogP contribution in [0.25, 0.3) is 5.65 Å². The molecule has 0 aliphatic heterocycles. The van der Waals surface area contributed by atoms with Crippen molar-refractivity contribution >= 4 is 11.6 Å². The van der Waals surface area contributed by atoms with E-state index < -0.39 is 17.8 Å². The van der Waals surface area contributed by atoms with Crippen LogP contribution in [0.5, 0.6) is 0 Å². The summed E-state index contributed by atoms with van der Waals surface area (Å²) in [5, 5.41) is 0. The van der Waals surface area contributed by atoms with Crippen molar-refractivity contribution in [3.63, 3.8) is 0 Å². The van der Waals surface area contributed by atoms with Crippen molar-refractivity contribution < 1.29 is 22.7 Å². The maximum absolute atomic E-state index is 12.5. The van der Waals surface area contributed by atoms with Gasteiger partial charge < -0.3 is 4.74 Å². The number of fused-ring (bicyclic) bond motifs is 1. The topological polar surface area (TPSA) is 48.5 Å². The number of carbonyl (C=O) groups excluding carboxylic acids is 1. The van der Waals surface area contributed by atoms with E-state index in [2.05, 4.69) is 4.98 Å². The van der Waals surface area contributed by atoms with Crippen LogP contribution in [0, 0.1) is 0 Å². The Kier molecular flexibility index (Phi) is 2.80. The van der Waals surface area contributed by atoms with Gasteiger partial charge >= 0.3 is 12.1 Å². The van der Waals surface area contributed by atoms with Gasteiger partial charge in [0, 0.05) is 13.2 Å². The largest absolute Gasteiger partial charge is 0.461 e. The fourth-order valence-electron chi connectivity index (χ4n) is 1.61. The first kappa shape index (κ1) is 12.5. The highest BCUT2D eigenvalue weighted by molar-refractivity contribution is 5.94. The Hall–Kier alpha value is -1.99. The summed E-state index contributed by atoms with van der Waals surface area (Å²) < 4.78 is 44.9. The molecule has 0 aromatic carbocycles. The number of carbonyl (C=O) groups is 1. The Morgan fingerprint density at radius 1 is 1.50 bits per heavy atom. The molecule has 0 fully saturated rings. The van der Waals surface area contributed by atoms with Crippen molar-refractivity contribution in [3.8, 4) is 0 Å². The number of aromatic nitrogens is 3. The van der Waals surface area contributed by atoms with Crippen LogP contribution in [0.2, 0.25) is 0 Å². The SMILES string of the molecule is CCOC(=O)c1c2nc(C(F)(F)F)ccn2n1C. The summed E-state index contributed by atoms with van der Waals surface area (Å²) >= 11 is 0. The maximum atomic E-state index is 12.5. The van der Waals surface area contributed by atoms with E-state index in [1.54, 1.807) is 6.92 Å². The van der Waals surface area contributed by atoms with E-state index in [9.17, 15) is 18.0 Å². The lowest BCUT2D eigenvalue weighted by atomic mass is 10.3. The molecule has 0 radical (unpaired) electrons. The molecular formula is C10H10F3N3O2. The lowest BCUT2D eigenvalue weighted by molar-refractivity contribution is -0.141. The predicted molar refractivity (Wildman–Crippen MR) is 55.1 cm³/mol. The third kappa shape index (κ3) is 1.83. The van der Waals surface area contributed by atoms with Gasteiger partial charge in [0.1, 0.15) is 5.69 Å². The second-order valence-corrected chi connectivity index (χ2v) is 3.57. The number of hydrogen-bond acceptors (Lipinski definition) is 3. The molecule has 0 saturated heterocycles. The van der Waals surface area contributed by atoms with Crippen LogP contribution >= 0.6 is 0 Å².